The van der Waals surface area contributed by atoms with Crippen molar-refractivity contribution in [2.45, 2.75) is 32.2 Å². The number of carbonyl (C=O) groups excluding carboxylic acids is 2. The van der Waals surface area contributed by atoms with Crippen molar-refractivity contribution in [2.75, 3.05) is 25.1 Å². The number of hydrogen-bond donors (Lipinski definition) is 1. The SMILES string of the molecule is CCC1(C)NC(=O)CCN(CCS(C)(=O)=O)C1=O. The summed E-state index contributed by atoms with van der Waals surface area (Å²) in [6.45, 7) is 3.90. The molecule has 0 aromatic heterocycles. The topological polar surface area (TPSA) is 83.6 Å². The number of nitrogens with zero attached hydrogens (tertiary/aromatic N) is 1. The Hall–Kier alpha value is -1.11. The molecule has 0 aromatic rings. The predicted octanol–water partition coefficient (Wildman–Crippen LogP) is -0.452. The van der Waals surface area contributed by atoms with Crippen LogP contribution in [0.2, 0.25) is 0 Å². The average molecular weight is 276 g/mol. The van der Waals surface area contributed by atoms with Gasteiger partial charge in [-0.3, -0.25) is 9.59 Å². The van der Waals surface area contributed by atoms with Crippen LogP contribution in [0.25, 0.3) is 0 Å². The van der Waals surface area contributed by atoms with Gasteiger partial charge in [-0.1, -0.05) is 6.92 Å². The van der Waals surface area contributed by atoms with Crippen LogP contribution in [0.15, 0.2) is 0 Å². The van der Waals surface area contributed by atoms with Gasteiger partial charge in [-0.05, 0) is 13.3 Å². The molecule has 0 aliphatic carbocycles. The third kappa shape index (κ3) is 3.69. The molecule has 104 valence electrons. The van der Waals surface area contributed by atoms with Gasteiger partial charge in [-0.15, -0.1) is 0 Å². The first-order valence-electron chi connectivity index (χ1n) is 5.96. The second-order valence-electron chi connectivity index (χ2n) is 4.91. The Balaban J connectivity index is 2.85. The minimum atomic E-state index is -3.12. The van der Waals surface area contributed by atoms with Gasteiger partial charge in [-0.2, -0.15) is 0 Å². The maximum absolute atomic E-state index is 12.3. The molecule has 0 radical (unpaired) electrons. The molecule has 1 unspecified atom stereocenters. The van der Waals surface area contributed by atoms with Crippen LogP contribution in [0.1, 0.15) is 26.7 Å². The van der Waals surface area contributed by atoms with Crippen LogP contribution in [-0.4, -0.2) is 55.8 Å². The molecule has 1 aliphatic rings. The highest BCUT2D eigenvalue weighted by Crippen LogP contribution is 2.17. The lowest BCUT2D eigenvalue weighted by Gasteiger charge is -2.31. The number of rotatable bonds is 4. The Labute approximate surface area is 108 Å². The van der Waals surface area contributed by atoms with Crippen LogP contribution in [-0.2, 0) is 19.4 Å². The average Bonchev–Trinajstić information content (AvgIpc) is 2.36. The molecule has 18 heavy (non-hydrogen) atoms. The fourth-order valence-electron chi connectivity index (χ4n) is 1.84. The summed E-state index contributed by atoms with van der Waals surface area (Å²) in [5, 5.41) is 2.70. The van der Waals surface area contributed by atoms with E-state index in [2.05, 4.69) is 5.32 Å². The molecule has 1 rings (SSSR count). The monoisotopic (exact) mass is 276 g/mol. The zero-order valence-corrected chi connectivity index (χ0v) is 11.8. The van der Waals surface area contributed by atoms with E-state index in [1.807, 2.05) is 6.92 Å². The maximum Gasteiger partial charge on any atom is 0.248 e. The van der Waals surface area contributed by atoms with E-state index in [1.54, 1.807) is 6.92 Å². The number of sulfone groups is 1. The molecule has 6 nitrogen and oxygen atoms in total. The number of nitrogens with one attached hydrogen (secondary N) is 1. The van der Waals surface area contributed by atoms with Crippen molar-refractivity contribution >= 4 is 21.7 Å². The largest absolute Gasteiger partial charge is 0.342 e. The van der Waals surface area contributed by atoms with Crippen LogP contribution in [0.4, 0.5) is 0 Å². The summed E-state index contributed by atoms with van der Waals surface area (Å²) in [5.74, 6) is -0.457. The molecule has 2 amide bonds. The molecule has 1 fully saturated rings. The van der Waals surface area contributed by atoms with Crippen molar-refractivity contribution in [1.29, 1.82) is 0 Å². The summed E-state index contributed by atoms with van der Waals surface area (Å²) in [5.41, 5.74) is -0.926. The maximum atomic E-state index is 12.3. The molecule has 1 aliphatic heterocycles. The normalized spacial score (nSPS) is 25.8. The van der Waals surface area contributed by atoms with Crippen LogP contribution >= 0.6 is 0 Å². The zero-order valence-electron chi connectivity index (χ0n) is 11.0. The lowest BCUT2D eigenvalue weighted by Crippen LogP contribution is -2.55. The third-order valence-corrected chi connectivity index (χ3v) is 4.15. The van der Waals surface area contributed by atoms with Crippen LogP contribution < -0.4 is 5.32 Å². The van der Waals surface area contributed by atoms with Gasteiger partial charge in [0, 0.05) is 25.8 Å². The first kappa shape index (κ1) is 14.9. The van der Waals surface area contributed by atoms with Crippen molar-refractivity contribution in [3.63, 3.8) is 0 Å². The van der Waals surface area contributed by atoms with Gasteiger partial charge in [0.05, 0.1) is 5.75 Å². The van der Waals surface area contributed by atoms with E-state index in [-0.39, 0.29) is 37.1 Å². The lowest BCUT2D eigenvalue weighted by atomic mass is 9.97. The molecule has 0 aromatic carbocycles. The molecule has 0 bridgehead atoms. The summed E-state index contributed by atoms with van der Waals surface area (Å²) in [4.78, 5) is 25.3. The molecular weight excluding hydrogens is 256 g/mol. The fourth-order valence-corrected chi connectivity index (χ4v) is 2.39. The molecule has 1 heterocycles. The Bertz CT molecular complexity index is 446. The molecule has 0 spiro atoms. The summed E-state index contributed by atoms with van der Waals surface area (Å²) >= 11 is 0. The van der Waals surface area contributed by atoms with E-state index in [1.165, 1.54) is 4.90 Å². The van der Waals surface area contributed by atoms with Crippen molar-refractivity contribution in [3.8, 4) is 0 Å². The quantitative estimate of drug-likeness (QED) is 0.753. The molecule has 7 heteroatoms. The summed E-state index contributed by atoms with van der Waals surface area (Å²) in [6, 6.07) is 0. The molecular formula is C11H20N2O4S. The second-order valence-corrected chi connectivity index (χ2v) is 7.17. The van der Waals surface area contributed by atoms with E-state index in [0.29, 0.717) is 6.42 Å². The van der Waals surface area contributed by atoms with E-state index in [9.17, 15) is 18.0 Å². The Morgan fingerprint density at radius 1 is 1.39 bits per heavy atom. The first-order chi connectivity index (χ1) is 8.18. The lowest BCUT2D eigenvalue weighted by molar-refractivity contribution is -0.138. The third-order valence-electron chi connectivity index (χ3n) is 3.22. The first-order valence-corrected chi connectivity index (χ1v) is 8.02. The highest BCUT2D eigenvalue weighted by Gasteiger charge is 2.38. The fraction of sp³-hybridized carbons (Fsp3) is 0.818. The van der Waals surface area contributed by atoms with Gasteiger partial charge < -0.3 is 10.2 Å². The standard InChI is InChI=1S/C11H20N2O4S/c1-4-11(2)10(15)13(6-5-9(14)12-11)7-8-18(3,16)17/h4-8H2,1-3H3,(H,12,14). The van der Waals surface area contributed by atoms with Gasteiger partial charge in [0.25, 0.3) is 0 Å². The molecule has 1 atom stereocenters. The van der Waals surface area contributed by atoms with Crippen molar-refractivity contribution < 1.29 is 18.0 Å². The van der Waals surface area contributed by atoms with Crippen LogP contribution in [0.3, 0.4) is 0 Å². The van der Waals surface area contributed by atoms with E-state index in [4.69, 9.17) is 0 Å². The van der Waals surface area contributed by atoms with Crippen molar-refractivity contribution in [1.82, 2.24) is 10.2 Å². The molecule has 1 N–H and O–H groups in total. The highest BCUT2D eigenvalue weighted by atomic mass is 32.2. The number of hydrogen-bond acceptors (Lipinski definition) is 4. The summed E-state index contributed by atoms with van der Waals surface area (Å²) < 4.78 is 22.3. The Morgan fingerprint density at radius 3 is 2.50 bits per heavy atom. The summed E-state index contributed by atoms with van der Waals surface area (Å²) in [6.07, 6.45) is 1.83. The van der Waals surface area contributed by atoms with E-state index >= 15 is 0 Å². The van der Waals surface area contributed by atoms with E-state index < -0.39 is 15.4 Å². The van der Waals surface area contributed by atoms with E-state index in [0.717, 1.165) is 6.26 Å². The van der Waals surface area contributed by atoms with Gasteiger partial charge in [0.1, 0.15) is 15.4 Å². The van der Waals surface area contributed by atoms with Crippen LogP contribution in [0.5, 0.6) is 0 Å². The Morgan fingerprint density at radius 2 is 2.00 bits per heavy atom. The minimum absolute atomic E-state index is 0.0767. The van der Waals surface area contributed by atoms with Gasteiger partial charge in [-0.25, -0.2) is 8.42 Å². The zero-order chi connectivity index (χ0) is 14.0. The number of amides is 2. The molecule has 1 saturated heterocycles. The summed E-state index contributed by atoms with van der Waals surface area (Å²) in [7, 11) is -3.12. The van der Waals surface area contributed by atoms with Crippen molar-refractivity contribution in [3.05, 3.63) is 0 Å². The predicted molar refractivity (Wildman–Crippen MR) is 67.7 cm³/mol. The minimum Gasteiger partial charge on any atom is -0.342 e. The van der Waals surface area contributed by atoms with Gasteiger partial charge in [0.15, 0.2) is 0 Å². The van der Waals surface area contributed by atoms with Gasteiger partial charge in [0.2, 0.25) is 11.8 Å². The number of carbonyl (C=O) groups is 2. The van der Waals surface area contributed by atoms with Gasteiger partial charge >= 0.3 is 0 Å². The second kappa shape index (κ2) is 5.26. The van der Waals surface area contributed by atoms with Crippen molar-refractivity contribution in [2.24, 2.45) is 0 Å². The highest BCUT2D eigenvalue weighted by molar-refractivity contribution is 7.90. The Kier molecular flexibility index (Phi) is 4.37. The smallest absolute Gasteiger partial charge is 0.248 e. The molecule has 0 saturated carbocycles. The van der Waals surface area contributed by atoms with Crippen LogP contribution in [0, 0.1) is 0 Å².